The van der Waals surface area contributed by atoms with Crippen LogP contribution in [0, 0.1) is 5.92 Å². The molecule has 0 bridgehead atoms. The molecule has 0 N–H and O–H groups in total. The molecule has 77 heavy (non-hydrogen) atoms. The molecule has 0 spiro atoms. The van der Waals surface area contributed by atoms with Crippen LogP contribution in [0.15, 0.2) is 224 Å². The second-order valence-corrected chi connectivity index (χ2v) is 21.4. The Bertz CT molecular complexity index is 4920. The molecule has 1 aliphatic heterocycles. The molecule has 0 fully saturated rings. The monoisotopic (exact) mass is 1010 g/mol. The molecule has 2 aliphatic rings. The van der Waals surface area contributed by atoms with Crippen molar-refractivity contribution in [3.8, 4) is 61.8 Å². The van der Waals surface area contributed by atoms with Crippen LogP contribution in [0.5, 0.6) is 11.5 Å². The fourth-order valence-corrected chi connectivity index (χ4v) is 10.9. The SMILES string of the molecule is [2H]c1c([2H])c([2H])c(-c2c([2H])c(-c3ccccc3)c([2H])c(-c3cccc(-c4c([2H])c([2H])c5c(c4[2H])C(C)(C)CCC5(C)C)c3[N+]3=C=[N+](c4cccc(Oc5ccc6c7ccccc7n(-c7cc(C([2H])([2H])C(C)C)ccn7)c6c5)c4)c4ccccc43)c2[2H])c([2H])c1[2H]. The number of aromatic nitrogens is 2. The van der Waals surface area contributed by atoms with Gasteiger partial charge in [-0.1, -0.05) is 163 Å². The van der Waals surface area contributed by atoms with E-state index in [4.69, 9.17) is 16.6 Å². The van der Waals surface area contributed by atoms with Gasteiger partial charge in [-0.3, -0.25) is 4.57 Å². The average molecular weight is 1010 g/mol. The van der Waals surface area contributed by atoms with E-state index in [1.165, 1.54) is 0 Å². The van der Waals surface area contributed by atoms with E-state index in [0.717, 1.165) is 34.6 Å². The molecule has 5 nitrogen and oxygen atoms in total. The number of nitrogens with zero attached hydrogens (tertiary/aromatic N) is 4. The van der Waals surface area contributed by atoms with Crippen molar-refractivity contribution >= 4 is 50.6 Å². The van der Waals surface area contributed by atoms with Gasteiger partial charge in [-0.2, -0.15) is 0 Å². The van der Waals surface area contributed by atoms with E-state index in [1.54, 1.807) is 65.4 Å². The molecule has 11 aromatic rings. The average Bonchev–Trinajstić information content (AvgIpc) is 0.849. The first-order valence-corrected chi connectivity index (χ1v) is 26.1. The van der Waals surface area contributed by atoms with E-state index in [1.807, 2.05) is 120 Å². The van der Waals surface area contributed by atoms with Gasteiger partial charge in [0.05, 0.1) is 43.3 Å². The Balaban J connectivity index is 1.06. The van der Waals surface area contributed by atoms with Crippen LogP contribution >= 0.6 is 0 Å². The van der Waals surface area contributed by atoms with Crippen molar-refractivity contribution in [1.82, 2.24) is 18.7 Å². The maximum Gasteiger partial charge on any atom is 0.503 e. The van der Waals surface area contributed by atoms with Gasteiger partial charge in [0, 0.05) is 44.0 Å². The van der Waals surface area contributed by atoms with E-state index in [-0.39, 0.29) is 75.2 Å². The number of hydrogen-bond donors (Lipinski definition) is 0. The Morgan fingerprint density at radius 2 is 1.23 bits per heavy atom. The summed E-state index contributed by atoms with van der Waals surface area (Å²) in [7, 11) is 0. The summed E-state index contributed by atoms with van der Waals surface area (Å²) in [5.41, 5.74) is 4.93. The predicted octanol–water partition coefficient (Wildman–Crippen LogP) is 19.0. The van der Waals surface area contributed by atoms with Gasteiger partial charge in [0.25, 0.3) is 11.4 Å². The third-order valence-corrected chi connectivity index (χ3v) is 14.9. The molecule has 1 aliphatic carbocycles. The maximum atomic E-state index is 10.3. The largest absolute Gasteiger partial charge is 0.503 e. The van der Waals surface area contributed by atoms with E-state index in [2.05, 4.69) is 33.7 Å². The van der Waals surface area contributed by atoms with E-state index in [9.17, 15) is 11.0 Å². The van der Waals surface area contributed by atoms with Crippen LogP contribution in [0.4, 0.5) is 22.7 Å². The quantitative estimate of drug-likeness (QED) is 0.121. The Morgan fingerprint density at radius 3 is 2.03 bits per heavy atom. The summed E-state index contributed by atoms with van der Waals surface area (Å²) in [6.45, 7) is 12.0. The van der Waals surface area contributed by atoms with Crippen molar-refractivity contribution < 1.29 is 22.6 Å². The number of fused-ring (bicyclic) bond motifs is 5. The van der Waals surface area contributed by atoms with Crippen molar-refractivity contribution in [3.05, 3.63) is 241 Å². The molecule has 0 saturated heterocycles. The Labute approximate surface area is 470 Å². The Morgan fingerprint density at radius 1 is 0.571 bits per heavy atom. The van der Waals surface area contributed by atoms with Crippen molar-refractivity contribution in [2.45, 2.75) is 71.6 Å². The first kappa shape index (κ1) is 35.4. The summed E-state index contributed by atoms with van der Waals surface area (Å²) in [6, 6.07) is 45.6. The zero-order chi connectivity index (χ0) is 63.8. The van der Waals surface area contributed by atoms with Crippen LogP contribution in [0.2, 0.25) is 0 Å². The Hall–Kier alpha value is -8.89. The van der Waals surface area contributed by atoms with Crippen molar-refractivity contribution in [2.24, 2.45) is 5.92 Å². The molecule has 0 radical (unpaired) electrons. The van der Waals surface area contributed by atoms with Gasteiger partial charge >= 0.3 is 6.01 Å². The highest BCUT2D eigenvalue weighted by Gasteiger charge is 2.41. The molecule has 9 aromatic carbocycles. The topological polar surface area (TPSA) is 33.1 Å². The lowest BCUT2D eigenvalue weighted by atomic mass is 9.63. The van der Waals surface area contributed by atoms with E-state index in [0.29, 0.717) is 62.2 Å². The number of para-hydroxylation sites is 4. The summed E-state index contributed by atoms with van der Waals surface area (Å²) >= 11 is 0. The van der Waals surface area contributed by atoms with Gasteiger partial charge in [0.2, 0.25) is 11.4 Å². The van der Waals surface area contributed by atoms with Gasteiger partial charge in [0.15, 0.2) is 0 Å². The molecule has 374 valence electrons. The molecule has 3 heterocycles. The second-order valence-electron chi connectivity index (χ2n) is 21.4. The molecule has 0 unspecified atom stereocenters. The van der Waals surface area contributed by atoms with Crippen molar-refractivity contribution in [3.63, 3.8) is 0 Å². The molecule has 5 heteroatoms. The Kier molecular flexibility index (Phi) is 8.75. The minimum atomic E-state index is -1.61. The van der Waals surface area contributed by atoms with Gasteiger partial charge in [-0.25, -0.2) is 4.98 Å². The molecular formula is C72H62N4O+2. The van der Waals surface area contributed by atoms with Crippen molar-refractivity contribution in [2.75, 3.05) is 0 Å². The predicted molar refractivity (Wildman–Crippen MR) is 321 cm³/mol. The number of benzene rings is 9. The van der Waals surface area contributed by atoms with Crippen LogP contribution in [-0.2, 0) is 17.2 Å². The fraction of sp³-hybridized carbons (Fsp3) is 0.167. The molecule has 0 amide bonds. The van der Waals surface area contributed by atoms with Crippen LogP contribution in [0.1, 0.15) is 88.9 Å². The number of rotatable bonds is 11. The first-order chi connectivity index (χ1) is 42.8. The summed E-state index contributed by atoms with van der Waals surface area (Å²) in [6.07, 6.45) is 1.50. The smallest absolute Gasteiger partial charge is 0.457 e. The molecular weight excluding hydrogens is 937 g/mol. The lowest BCUT2D eigenvalue weighted by Crippen LogP contribution is -2.33. The van der Waals surface area contributed by atoms with Crippen molar-refractivity contribution in [1.29, 1.82) is 0 Å². The van der Waals surface area contributed by atoms with Gasteiger partial charge in [-0.15, -0.1) is 0 Å². The highest BCUT2D eigenvalue weighted by Crippen LogP contribution is 2.50. The van der Waals surface area contributed by atoms with Crippen LogP contribution in [0.3, 0.4) is 0 Å². The highest BCUT2D eigenvalue weighted by atomic mass is 16.5. The van der Waals surface area contributed by atoms with Gasteiger partial charge in [-0.05, 0) is 162 Å². The van der Waals surface area contributed by atoms with Crippen LogP contribution in [0.25, 0.3) is 72.1 Å². The standard InChI is InChI=1S/C72H62N4O/c1-48(2)39-49-35-38-73-69(40-49)76-65-28-14-13-25-61(65)62-33-32-58(46-68(62)76)77-57-24-17-23-56(45-57)74-47-75(67-30-16-15-29-66(67)74)70-59(52-31-34-63-64(44-52)72(5,6)37-36-71(63,3)4)26-18-27-60(70)55-42-53(50-19-9-7-10-20-50)41-54(43-55)51-21-11-8-12-22-51/h7-35,38,40-46,48H,36-37,39H2,1-6H3/q+2/i7D,9D,10D,19D,20D,31D,34D,39D2,41D,42D,43D,44D. The number of pyridine rings is 1. The summed E-state index contributed by atoms with van der Waals surface area (Å²) in [5.74, 6) is 1.27. The third kappa shape index (κ3) is 8.77. The third-order valence-electron chi connectivity index (χ3n) is 14.9. The normalized spacial score (nSPS) is 16.9. The lowest BCUT2D eigenvalue weighted by molar-refractivity contribution is 0.332. The fourth-order valence-electron chi connectivity index (χ4n) is 10.9. The molecule has 2 aromatic heterocycles. The maximum absolute atomic E-state index is 10.3. The van der Waals surface area contributed by atoms with Crippen LogP contribution in [-0.4, -0.2) is 15.6 Å². The minimum Gasteiger partial charge on any atom is -0.457 e. The van der Waals surface area contributed by atoms with Crippen LogP contribution < -0.4 is 13.9 Å². The lowest BCUT2D eigenvalue weighted by Gasteiger charge is -2.42. The first-order valence-electron chi connectivity index (χ1n) is 32.6. The highest BCUT2D eigenvalue weighted by molar-refractivity contribution is 6.09. The summed E-state index contributed by atoms with van der Waals surface area (Å²) in [4.78, 5) is 4.77. The number of ether oxygens (including phenoxy) is 1. The zero-order valence-electron chi connectivity index (χ0n) is 56.7. The second kappa shape index (κ2) is 19.0. The number of hydrogen-bond acceptors (Lipinski definition) is 2. The zero-order valence-corrected chi connectivity index (χ0v) is 43.7. The minimum absolute atomic E-state index is 0.00779. The van der Waals surface area contributed by atoms with Gasteiger partial charge < -0.3 is 4.74 Å². The molecule has 0 atom stereocenters. The molecule has 0 saturated carbocycles. The van der Waals surface area contributed by atoms with E-state index < -0.39 is 53.5 Å². The van der Waals surface area contributed by atoms with E-state index >= 15 is 0 Å². The molecule has 13 rings (SSSR count). The van der Waals surface area contributed by atoms with Gasteiger partial charge in [0.1, 0.15) is 17.3 Å². The summed E-state index contributed by atoms with van der Waals surface area (Å²) in [5, 5.41) is 1.94. The summed E-state index contributed by atoms with van der Waals surface area (Å²) < 4.78 is 135.